The van der Waals surface area contributed by atoms with Gasteiger partial charge in [-0.3, -0.25) is 14.8 Å². The molecule has 0 bridgehead atoms. The second kappa shape index (κ2) is 6.58. The van der Waals surface area contributed by atoms with E-state index in [0.29, 0.717) is 0 Å². The van der Waals surface area contributed by atoms with Gasteiger partial charge < -0.3 is 5.32 Å². The van der Waals surface area contributed by atoms with E-state index in [1.165, 1.54) is 0 Å². The molecule has 0 aliphatic rings. The van der Waals surface area contributed by atoms with E-state index >= 15 is 0 Å². The minimum absolute atomic E-state index is 0.0737. The zero-order chi connectivity index (χ0) is 16.3. The van der Waals surface area contributed by atoms with Crippen LogP contribution >= 0.6 is 11.3 Å². The van der Waals surface area contributed by atoms with Gasteiger partial charge in [0.1, 0.15) is 5.01 Å². The number of rotatable bonds is 6. The molecule has 7 heteroatoms. The van der Waals surface area contributed by atoms with Crippen molar-refractivity contribution in [3.05, 3.63) is 28.0 Å². The molecule has 0 unspecified atom stereocenters. The monoisotopic (exact) mass is 321 g/mol. The second-order valence-electron chi connectivity index (χ2n) is 5.59. The molecule has 1 atom stereocenters. The number of nitrogens with one attached hydrogen (secondary N) is 2. The van der Waals surface area contributed by atoms with Crippen LogP contribution in [0.5, 0.6) is 0 Å². The molecule has 2 aromatic heterocycles. The molecule has 0 spiro atoms. The van der Waals surface area contributed by atoms with Crippen molar-refractivity contribution >= 4 is 22.9 Å². The first-order valence-corrected chi connectivity index (χ1v) is 8.20. The molecule has 0 aliphatic carbocycles. The lowest BCUT2D eigenvalue weighted by molar-refractivity contribution is -0.115. The summed E-state index contributed by atoms with van der Waals surface area (Å²) < 4.78 is 1.77. The first kappa shape index (κ1) is 16.6. The Kier molecular flexibility index (Phi) is 4.97. The van der Waals surface area contributed by atoms with E-state index in [1.807, 2.05) is 26.3 Å². The van der Waals surface area contributed by atoms with E-state index in [9.17, 15) is 4.79 Å². The third-order valence-electron chi connectivity index (χ3n) is 4.02. The number of hydrogen-bond donors (Lipinski definition) is 2. The number of anilines is 1. The molecule has 2 rings (SSSR count). The minimum atomic E-state index is -0.287. The third-order valence-corrected chi connectivity index (χ3v) is 5.06. The van der Waals surface area contributed by atoms with Gasteiger partial charge in [-0.1, -0.05) is 6.92 Å². The highest BCUT2D eigenvalue weighted by Crippen LogP contribution is 2.26. The van der Waals surface area contributed by atoms with Crippen LogP contribution in [0.25, 0.3) is 0 Å². The lowest BCUT2D eigenvalue weighted by Crippen LogP contribution is -2.43. The number of amides is 1. The molecule has 22 heavy (non-hydrogen) atoms. The normalized spacial score (nSPS) is 13.9. The predicted octanol–water partition coefficient (Wildman–Crippen LogP) is 2.35. The molecular weight excluding hydrogens is 298 g/mol. The average molecular weight is 321 g/mol. The summed E-state index contributed by atoms with van der Waals surface area (Å²) >= 11 is 1.60. The Morgan fingerprint density at radius 1 is 1.45 bits per heavy atom. The predicted molar refractivity (Wildman–Crippen MR) is 89.1 cm³/mol. The van der Waals surface area contributed by atoms with Gasteiger partial charge in [0.15, 0.2) is 0 Å². The van der Waals surface area contributed by atoms with Crippen LogP contribution in [0.15, 0.2) is 11.6 Å². The highest BCUT2D eigenvalue weighted by molar-refractivity contribution is 7.09. The van der Waals surface area contributed by atoms with E-state index in [2.05, 4.69) is 34.6 Å². The van der Waals surface area contributed by atoms with Crippen LogP contribution < -0.4 is 10.6 Å². The quantitative estimate of drug-likeness (QED) is 0.856. The van der Waals surface area contributed by atoms with Gasteiger partial charge in [0.05, 0.1) is 29.2 Å². The number of hydrogen-bond acceptors (Lipinski definition) is 5. The van der Waals surface area contributed by atoms with Crippen LogP contribution in [0.2, 0.25) is 0 Å². The van der Waals surface area contributed by atoms with Gasteiger partial charge in [-0.05, 0) is 27.2 Å². The molecule has 1 amide bonds. The SMILES string of the molecule is CC[C@](C)(NCC(=O)Nc1c(C)nn(C)c1C)c1nccs1. The van der Waals surface area contributed by atoms with Crippen LogP contribution in [0.3, 0.4) is 0 Å². The van der Waals surface area contributed by atoms with Gasteiger partial charge in [-0.25, -0.2) is 4.98 Å². The summed E-state index contributed by atoms with van der Waals surface area (Å²) in [4.78, 5) is 16.6. The Morgan fingerprint density at radius 3 is 2.68 bits per heavy atom. The van der Waals surface area contributed by atoms with E-state index < -0.39 is 0 Å². The smallest absolute Gasteiger partial charge is 0.238 e. The topological polar surface area (TPSA) is 71.8 Å². The summed E-state index contributed by atoms with van der Waals surface area (Å²) in [5.74, 6) is -0.0737. The maximum atomic E-state index is 12.2. The Labute approximate surface area is 135 Å². The number of carbonyl (C=O) groups excluding carboxylic acids is 1. The van der Waals surface area contributed by atoms with Crippen molar-refractivity contribution in [2.75, 3.05) is 11.9 Å². The van der Waals surface area contributed by atoms with E-state index in [0.717, 1.165) is 28.5 Å². The zero-order valence-corrected chi connectivity index (χ0v) is 14.5. The van der Waals surface area contributed by atoms with Crippen LogP contribution in [0.4, 0.5) is 5.69 Å². The zero-order valence-electron chi connectivity index (χ0n) is 13.7. The van der Waals surface area contributed by atoms with Gasteiger partial charge in [0, 0.05) is 18.6 Å². The van der Waals surface area contributed by atoms with Crippen molar-refractivity contribution in [2.45, 2.75) is 39.7 Å². The molecular formula is C15H23N5OS. The van der Waals surface area contributed by atoms with Crippen molar-refractivity contribution in [2.24, 2.45) is 7.05 Å². The number of thiazole rings is 1. The van der Waals surface area contributed by atoms with Crippen molar-refractivity contribution in [3.63, 3.8) is 0 Å². The summed E-state index contributed by atoms with van der Waals surface area (Å²) in [6, 6.07) is 0. The summed E-state index contributed by atoms with van der Waals surface area (Å²) in [6.45, 7) is 8.22. The maximum Gasteiger partial charge on any atom is 0.238 e. The fourth-order valence-electron chi connectivity index (χ4n) is 2.26. The Hall–Kier alpha value is -1.73. The van der Waals surface area contributed by atoms with Crippen LogP contribution in [0.1, 0.15) is 36.7 Å². The van der Waals surface area contributed by atoms with Gasteiger partial charge in [-0.15, -0.1) is 11.3 Å². The van der Waals surface area contributed by atoms with Crippen molar-refractivity contribution in [3.8, 4) is 0 Å². The summed E-state index contributed by atoms with van der Waals surface area (Å²) in [5.41, 5.74) is 2.28. The van der Waals surface area contributed by atoms with Crippen molar-refractivity contribution in [1.82, 2.24) is 20.1 Å². The summed E-state index contributed by atoms with van der Waals surface area (Å²) in [6.07, 6.45) is 2.65. The lowest BCUT2D eigenvalue weighted by atomic mass is 10.00. The molecule has 0 radical (unpaired) electrons. The molecule has 0 saturated heterocycles. The molecule has 120 valence electrons. The van der Waals surface area contributed by atoms with E-state index in [-0.39, 0.29) is 18.0 Å². The molecule has 2 heterocycles. The largest absolute Gasteiger partial charge is 0.322 e. The average Bonchev–Trinajstić information content (AvgIpc) is 3.10. The van der Waals surface area contributed by atoms with Gasteiger partial charge in [0.2, 0.25) is 5.91 Å². The van der Waals surface area contributed by atoms with Crippen molar-refractivity contribution < 1.29 is 4.79 Å². The van der Waals surface area contributed by atoms with E-state index in [4.69, 9.17) is 0 Å². The van der Waals surface area contributed by atoms with Crippen LogP contribution in [0, 0.1) is 13.8 Å². The van der Waals surface area contributed by atoms with Crippen LogP contribution in [-0.2, 0) is 17.4 Å². The first-order valence-electron chi connectivity index (χ1n) is 7.32. The fourth-order valence-corrected chi connectivity index (χ4v) is 3.11. The summed E-state index contributed by atoms with van der Waals surface area (Å²) in [7, 11) is 1.87. The standard InChI is InChI=1S/C15H23N5OS/c1-6-15(4,14-16-7-8-22-14)17-9-12(21)18-13-10(2)19-20(5)11(13)3/h7-8,17H,6,9H2,1-5H3,(H,18,21)/t15-/m0/s1. The molecule has 0 aliphatic heterocycles. The first-order chi connectivity index (χ1) is 10.4. The van der Waals surface area contributed by atoms with Crippen molar-refractivity contribution in [1.29, 1.82) is 0 Å². The Balaban J connectivity index is 2.00. The lowest BCUT2D eigenvalue weighted by Gasteiger charge is -2.27. The third kappa shape index (κ3) is 3.36. The van der Waals surface area contributed by atoms with Crippen LogP contribution in [-0.4, -0.2) is 27.2 Å². The molecule has 2 aromatic rings. The number of nitrogens with zero attached hydrogens (tertiary/aromatic N) is 3. The molecule has 2 N–H and O–H groups in total. The fraction of sp³-hybridized carbons (Fsp3) is 0.533. The molecule has 0 saturated carbocycles. The maximum absolute atomic E-state index is 12.2. The number of aryl methyl sites for hydroxylation is 2. The summed E-state index contributed by atoms with van der Waals surface area (Å²) in [5, 5.41) is 13.5. The van der Waals surface area contributed by atoms with E-state index in [1.54, 1.807) is 22.2 Å². The number of aromatic nitrogens is 3. The Morgan fingerprint density at radius 2 is 2.18 bits per heavy atom. The molecule has 6 nitrogen and oxygen atoms in total. The van der Waals surface area contributed by atoms with Gasteiger partial charge in [0.25, 0.3) is 0 Å². The molecule has 0 aromatic carbocycles. The second-order valence-corrected chi connectivity index (χ2v) is 6.49. The number of carbonyl (C=O) groups is 1. The molecule has 0 fully saturated rings. The highest BCUT2D eigenvalue weighted by Gasteiger charge is 2.27. The van der Waals surface area contributed by atoms with Gasteiger partial charge in [-0.2, -0.15) is 5.10 Å². The highest BCUT2D eigenvalue weighted by atomic mass is 32.1. The van der Waals surface area contributed by atoms with Gasteiger partial charge >= 0.3 is 0 Å². The Bertz CT molecular complexity index is 649. The minimum Gasteiger partial charge on any atom is -0.322 e.